The maximum atomic E-state index is 13.3. The topological polar surface area (TPSA) is 15.3 Å². The Morgan fingerprint density at radius 2 is 2.06 bits per heavy atom. The number of piperazine rings is 1. The van der Waals surface area contributed by atoms with Crippen LogP contribution in [0, 0.1) is 6.92 Å². The van der Waals surface area contributed by atoms with E-state index >= 15 is 0 Å². The van der Waals surface area contributed by atoms with Crippen LogP contribution in [0.3, 0.4) is 0 Å². The molecule has 0 aromatic heterocycles. The summed E-state index contributed by atoms with van der Waals surface area (Å²) in [5.41, 5.74) is 2.04. The fraction of sp³-hybridized carbons (Fsp3) is 0.538. The van der Waals surface area contributed by atoms with E-state index in [-0.39, 0.29) is 25.1 Å². The Kier molecular flexibility index (Phi) is 6.36. The van der Waals surface area contributed by atoms with Crippen LogP contribution >= 0.6 is 24.0 Å². The summed E-state index contributed by atoms with van der Waals surface area (Å²) < 4.78 is 13.3. The summed E-state index contributed by atoms with van der Waals surface area (Å²) in [4.78, 5) is 2.19. The van der Waals surface area contributed by atoms with E-state index in [4.69, 9.17) is 11.6 Å². The van der Waals surface area contributed by atoms with E-state index in [1.807, 2.05) is 25.1 Å². The first-order valence-electron chi connectivity index (χ1n) is 5.99. The maximum absolute atomic E-state index is 13.3. The monoisotopic (exact) mass is 292 g/mol. The molecule has 1 heterocycles. The van der Waals surface area contributed by atoms with Crippen molar-refractivity contribution in [3.8, 4) is 0 Å². The predicted molar refractivity (Wildman–Crippen MR) is 76.6 cm³/mol. The number of nitrogens with one attached hydrogen (secondary N) is 1. The summed E-state index contributed by atoms with van der Waals surface area (Å²) in [6.45, 7) is 5.28. The molecule has 1 aromatic carbocycles. The van der Waals surface area contributed by atoms with Crippen LogP contribution in [0.2, 0.25) is 5.02 Å². The third-order valence-corrected chi connectivity index (χ3v) is 3.73. The first-order valence-corrected chi connectivity index (χ1v) is 6.37. The van der Waals surface area contributed by atoms with Gasteiger partial charge in [0, 0.05) is 31.2 Å². The van der Waals surface area contributed by atoms with Gasteiger partial charge in [-0.15, -0.1) is 12.4 Å². The Morgan fingerprint density at radius 3 is 2.61 bits per heavy atom. The molecule has 0 saturated carbocycles. The number of nitrogens with zero attached hydrogens (tertiary/aromatic N) is 1. The zero-order valence-electron chi connectivity index (χ0n) is 10.5. The Labute approximate surface area is 119 Å². The van der Waals surface area contributed by atoms with Gasteiger partial charge in [0.1, 0.15) is 6.67 Å². The second-order valence-electron chi connectivity index (χ2n) is 4.46. The minimum absolute atomic E-state index is 0. The average molecular weight is 293 g/mol. The van der Waals surface area contributed by atoms with Crippen molar-refractivity contribution >= 4 is 24.0 Å². The Bertz CT molecular complexity index is 381. The lowest BCUT2D eigenvalue weighted by Crippen LogP contribution is -2.45. The van der Waals surface area contributed by atoms with Crippen molar-refractivity contribution in [3.63, 3.8) is 0 Å². The van der Waals surface area contributed by atoms with Crippen LogP contribution in [0.1, 0.15) is 17.2 Å². The van der Waals surface area contributed by atoms with Crippen molar-refractivity contribution in [2.75, 3.05) is 32.9 Å². The highest BCUT2D eigenvalue weighted by molar-refractivity contribution is 6.31. The van der Waals surface area contributed by atoms with E-state index in [9.17, 15) is 4.39 Å². The van der Waals surface area contributed by atoms with Gasteiger partial charge in [0.25, 0.3) is 0 Å². The second kappa shape index (κ2) is 7.29. The highest BCUT2D eigenvalue weighted by Crippen LogP contribution is 2.25. The lowest BCUT2D eigenvalue weighted by Gasteiger charge is -2.33. The lowest BCUT2D eigenvalue weighted by molar-refractivity contribution is 0.147. The molecule has 0 bridgehead atoms. The van der Waals surface area contributed by atoms with Gasteiger partial charge in [-0.05, 0) is 24.1 Å². The molecule has 1 aliphatic heterocycles. The van der Waals surface area contributed by atoms with Crippen LogP contribution in [0.25, 0.3) is 0 Å². The van der Waals surface area contributed by atoms with E-state index in [1.165, 1.54) is 0 Å². The molecule has 0 radical (unpaired) electrons. The summed E-state index contributed by atoms with van der Waals surface area (Å²) >= 11 is 6.00. The number of aryl methyl sites for hydroxylation is 1. The molecule has 1 saturated heterocycles. The fourth-order valence-electron chi connectivity index (χ4n) is 2.27. The Morgan fingerprint density at radius 1 is 1.39 bits per heavy atom. The molecular weight excluding hydrogens is 274 g/mol. The minimum Gasteiger partial charge on any atom is -0.314 e. The van der Waals surface area contributed by atoms with Crippen LogP contribution < -0.4 is 5.32 Å². The predicted octanol–water partition coefficient (Wildman–Crippen LogP) is 2.99. The normalized spacial score (nSPS) is 18.2. The molecule has 1 N–H and O–H groups in total. The van der Waals surface area contributed by atoms with E-state index in [1.54, 1.807) is 0 Å². The quantitative estimate of drug-likeness (QED) is 0.921. The van der Waals surface area contributed by atoms with Gasteiger partial charge in [0.15, 0.2) is 0 Å². The number of hydrogen-bond acceptors (Lipinski definition) is 2. The zero-order valence-corrected chi connectivity index (χ0v) is 12.0. The van der Waals surface area contributed by atoms with Crippen molar-refractivity contribution in [2.45, 2.75) is 13.0 Å². The average Bonchev–Trinajstić information content (AvgIpc) is 2.36. The Hall–Kier alpha value is -0.350. The summed E-state index contributed by atoms with van der Waals surface area (Å²) in [5.74, 6) is 0. The molecular formula is C13H19Cl2FN2. The number of halogens is 3. The highest BCUT2D eigenvalue weighted by Gasteiger charge is 2.22. The molecule has 1 atom stereocenters. The molecule has 1 aliphatic rings. The van der Waals surface area contributed by atoms with E-state index < -0.39 is 0 Å². The summed E-state index contributed by atoms with van der Waals surface area (Å²) in [6, 6.07) is 5.65. The smallest absolute Gasteiger partial charge is 0.109 e. The van der Waals surface area contributed by atoms with Crippen LogP contribution in [0.5, 0.6) is 0 Å². The summed E-state index contributed by atoms with van der Waals surface area (Å²) in [5, 5.41) is 4.02. The van der Waals surface area contributed by atoms with Gasteiger partial charge < -0.3 is 5.32 Å². The number of alkyl halides is 1. The van der Waals surface area contributed by atoms with Crippen molar-refractivity contribution in [2.24, 2.45) is 0 Å². The van der Waals surface area contributed by atoms with Gasteiger partial charge in [0.05, 0.1) is 6.04 Å². The number of benzene rings is 1. The standard InChI is InChI=1S/C13H18ClFN2.ClH/c1-10-8-11(2-3-12(10)14)13(9-15)17-6-4-16-5-7-17;/h2-3,8,13,16H,4-7,9H2,1H3;1H/t13-;/m0./s1. The minimum atomic E-state index is -0.346. The third kappa shape index (κ3) is 3.58. The van der Waals surface area contributed by atoms with Gasteiger partial charge in [-0.2, -0.15) is 0 Å². The van der Waals surface area contributed by atoms with E-state index in [2.05, 4.69) is 10.2 Å². The van der Waals surface area contributed by atoms with Gasteiger partial charge in [-0.1, -0.05) is 23.7 Å². The molecule has 2 nitrogen and oxygen atoms in total. The van der Waals surface area contributed by atoms with Crippen molar-refractivity contribution in [3.05, 3.63) is 34.3 Å². The number of rotatable bonds is 3. The molecule has 0 unspecified atom stereocenters. The van der Waals surface area contributed by atoms with Crippen molar-refractivity contribution in [1.82, 2.24) is 10.2 Å². The molecule has 1 aromatic rings. The van der Waals surface area contributed by atoms with Crippen LogP contribution in [-0.2, 0) is 0 Å². The molecule has 0 amide bonds. The van der Waals surface area contributed by atoms with Crippen molar-refractivity contribution in [1.29, 1.82) is 0 Å². The van der Waals surface area contributed by atoms with E-state index in [0.29, 0.717) is 0 Å². The van der Waals surface area contributed by atoms with Crippen molar-refractivity contribution < 1.29 is 4.39 Å². The molecule has 1 fully saturated rings. The fourth-order valence-corrected chi connectivity index (χ4v) is 2.38. The first kappa shape index (κ1) is 15.7. The largest absolute Gasteiger partial charge is 0.314 e. The van der Waals surface area contributed by atoms with Gasteiger partial charge in [-0.3, -0.25) is 4.90 Å². The summed E-state index contributed by atoms with van der Waals surface area (Å²) in [7, 11) is 0. The van der Waals surface area contributed by atoms with Gasteiger partial charge in [-0.25, -0.2) is 4.39 Å². The SMILES string of the molecule is Cc1cc([C@H](CF)N2CCNCC2)ccc1Cl.Cl. The molecule has 5 heteroatoms. The van der Waals surface area contributed by atoms with Crippen LogP contribution in [0.4, 0.5) is 4.39 Å². The second-order valence-corrected chi connectivity index (χ2v) is 4.87. The first-order chi connectivity index (χ1) is 8.22. The molecule has 102 valence electrons. The third-order valence-electron chi connectivity index (χ3n) is 3.31. The highest BCUT2D eigenvalue weighted by atomic mass is 35.5. The molecule has 2 rings (SSSR count). The zero-order chi connectivity index (χ0) is 12.3. The van der Waals surface area contributed by atoms with Crippen LogP contribution in [-0.4, -0.2) is 37.8 Å². The number of hydrogen-bond donors (Lipinski definition) is 1. The molecule has 0 spiro atoms. The summed E-state index contributed by atoms with van der Waals surface area (Å²) in [6.07, 6.45) is 0. The van der Waals surface area contributed by atoms with Crippen LogP contribution in [0.15, 0.2) is 18.2 Å². The molecule has 18 heavy (non-hydrogen) atoms. The van der Waals surface area contributed by atoms with E-state index in [0.717, 1.165) is 42.3 Å². The van der Waals surface area contributed by atoms with Gasteiger partial charge >= 0.3 is 0 Å². The molecule has 0 aliphatic carbocycles. The maximum Gasteiger partial charge on any atom is 0.109 e. The Balaban J connectivity index is 0.00000162. The lowest BCUT2D eigenvalue weighted by atomic mass is 10.0. The van der Waals surface area contributed by atoms with Gasteiger partial charge in [0.2, 0.25) is 0 Å².